The molecule has 1 aliphatic carbocycles. The fourth-order valence-corrected chi connectivity index (χ4v) is 4.74. The van der Waals surface area contributed by atoms with Crippen molar-refractivity contribution in [3.8, 4) is 0 Å². The molecule has 2 unspecified atom stereocenters. The van der Waals surface area contributed by atoms with E-state index in [0.717, 1.165) is 6.61 Å². The SMILES string of the molecule is CNC(CCC1CCCO1)c1cc2c(s1)CCCC2. The van der Waals surface area contributed by atoms with Crippen molar-refractivity contribution in [3.05, 3.63) is 21.4 Å². The van der Waals surface area contributed by atoms with E-state index in [2.05, 4.69) is 18.4 Å². The summed E-state index contributed by atoms with van der Waals surface area (Å²) in [5.41, 5.74) is 1.63. The first-order chi connectivity index (χ1) is 9.36. The van der Waals surface area contributed by atoms with Crippen LogP contribution in [0.5, 0.6) is 0 Å². The minimum Gasteiger partial charge on any atom is -0.378 e. The number of fused-ring (bicyclic) bond motifs is 1. The highest BCUT2D eigenvalue weighted by Crippen LogP contribution is 2.34. The van der Waals surface area contributed by atoms with Crippen LogP contribution in [-0.2, 0) is 17.6 Å². The van der Waals surface area contributed by atoms with Gasteiger partial charge in [0, 0.05) is 22.4 Å². The van der Waals surface area contributed by atoms with E-state index >= 15 is 0 Å². The van der Waals surface area contributed by atoms with Crippen LogP contribution in [0.3, 0.4) is 0 Å². The molecular weight excluding hydrogens is 254 g/mol. The molecule has 0 radical (unpaired) electrons. The molecule has 2 aliphatic rings. The topological polar surface area (TPSA) is 21.3 Å². The van der Waals surface area contributed by atoms with Crippen LogP contribution < -0.4 is 5.32 Å². The predicted octanol–water partition coefficient (Wildman–Crippen LogP) is 3.85. The summed E-state index contributed by atoms with van der Waals surface area (Å²) in [5, 5.41) is 3.51. The van der Waals surface area contributed by atoms with Crippen molar-refractivity contribution < 1.29 is 4.74 Å². The summed E-state index contributed by atoms with van der Waals surface area (Å²) in [7, 11) is 2.10. The summed E-state index contributed by atoms with van der Waals surface area (Å²) >= 11 is 2.05. The monoisotopic (exact) mass is 279 g/mol. The minimum absolute atomic E-state index is 0.519. The van der Waals surface area contributed by atoms with Crippen LogP contribution in [0.4, 0.5) is 0 Å². The molecule has 1 aromatic heterocycles. The van der Waals surface area contributed by atoms with Gasteiger partial charge < -0.3 is 10.1 Å². The molecule has 0 amide bonds. The Bertz CT molecular complexity index is 385. The first-order valence-electron chi connectivity index (χ1n) is 7.77. The molecule has 106 valence electrons. The molecule has 2 atom stereocenters. The second kappa shape index (κ2) is 6.38. The van der Waals surface area contributed by atoms with Crippen molar-refractivity contribution >= 4 is 11.3 Å². The summed E-state index contributed by atoms with van der Waals surface area (Å²) in [6.07, 6.45) is 10.8. The van der Waals surface area contributed by atoms with E-state index in [1.165, 1.54) is 51.4 Å². The van der Waals surface area contributed by atoms with Gasteiger partial charge in [0.1, 0.15) is 0 Å². The molecule has 0 spiro atoms. The van der Waals surface area contributed by atoms with Gasteiger partial charge in [0.05, 0.1) is 6.10 Å². The van der Waals surface area contributed by atoms with Gasteiger partial charge in [-0.25, -0.2) is 0 Å². The smallest absolute Gasteiger partial charge is 0.0576 e. The molecule has 3 rings (SSSR count). The van der Waals surface area contributed by atoms with E-state index in [1.807, 2.05) is 11.3 Å². The first kappa shape index (κ1) is 13.6. The number of hydrogen-bond donors (Lipinski definition) is 1. The summed E-state index contributed by atoms with van der Waals surface area (Å²) in [5.74, 6) is 0. The third-order valence-corrected chi connectivity index (χ3v) is 5.86. The van der Waals surface area contributed by atoms with Crippen LogP contribution in [0.1, 0.15) is 59.9 Å². The zero-order chi connectivity index (χ0) is 13.1. The van der Waals surface area contributed by atoms with Crippen LogP contribution in [0.2, 0.25) is 0 Å². The number of rotatable bonds is 5. The van der Waals surface area contributed by atoms with E-state index in [9.17, 15) is 0 Å². The Morgan fingerprint density at radius 1 is 1.37 bits per heavy atom. The van der Waals surface area contributed by atoms with E-state index in [4.69, 9.17) is 4.74 Å². The Labute approximate surface area is 120 Å². The zero-order valence-electron chi connectivity index (χ0n) is 11.9. The van der Waals surface area contributed by atoms with Crippen molar-refractivity contribution in [2.45, 2.75) is 63.5 Å². The summed E-state index contributed by atoms with van der Waals surface area (Å²) in [4.78, 5) is 3.20. The lowest BCUT2D eigenvalue weighted by atomic mass is 9.98. The second-order valence-electron chi connectivity index (χ2n) is 5.86. The molecule has 0 bridgehead atoms. The van der Waals surface area contributed by atoms with Gasteiger partial charge in [0.2, 0.25) is 0 Å². The molecule has 1 saturated heterocycles. The zero-order valence-corrected chi connectivity index (χ0v) is 12.7. The Balaban J connectivity index is 1.62. The highest BCUT2D eigenvalue weighted by molar-refractivity contribution is 7.12. The van der Waals surface area contributed by atoms with Gasteiger partial charge in [-0.2, -0.15) is 0 Å². The third kappa shape index (κ3) is 3.21. The fraction of sp³-hybridized carbons (Fsp3) is 0.750. The number of thiophene rings is 1. The maximum Gasteiger partial charge on any atom is 0.0576 e. The second-order valence-corrected chi connectivity index (χ2v) is 7.03. The van der Waals surface area contributed by atoms with Crippen LogP contribution in [-0.4, -0.2) is 19.8 Å². The van der Waals surface area contributed by atoms with Crippen molar-refractivity contribution in [2.75, 3.05) is 13.7 Å². The number of ether oxygens (including phenoxy) is 1. The van der Waals surface area contributed by atoms with Crippen molar-refractivity contribution in [1.82, 2.24) is 5.32 Å². The molecule has 2 heterocycles. The molecule has 1 N–H and O–H groups in total. The lowest BCUT2D eigenvalue weighted by Gasteiger charge is -2.17. The molecule has 19 heavy (non-hydrogen) atoms. The molecule has 3 heteroatoms. The van der Waals surface area contributed by atoms with Gasteiger partial charge in [-0.1, -0.05) is 0 Å². The molecular formula is C16H25NOS. The van der Waals surface area contributed by atoms with Gasteiger partial charge in [0.25, 0.3) is 0 Å². The van der Waals surface area contributed by atoms with Crippen molar-refractivity contribution in [2.24, 2.45) is 0 Å². The Morgan fingerprint density at radius 2 is 2.26 bits per heavy atom. The maximum atomic E-state index is 5.74. The lowest BCUT2D eigenvalue weighted by Crippen LogP contribution is -2.17. The normalized spacial score (nSPS) is 24.4. The van der Waals surface area contributed by atoms with Crippen LogP contribution >= 0.6 is 11.3 Å². The van der Waals surface area contributed by atoms with Crippen LogP contribution in [0.25, 0.3) is 0 Å². The molecule has 1 aliphatic heterocycles. The lowest BCUT2D eigenvalue weighted by molar-refractivity contribution is 0.0999. The summed E-state index contributed by atoms with van der Waals surface area (Å²) in [6.45, 7) is 0.974. The average molecular weight is 279 g/mol. The number of hydrogen-bond acceptors (Lipinski definition) is 3. The molecule has 0 saturated carbocycles. The highest BCUT2D eigenvalue weighted by atomic mass is 32.1. The average Bonchev–Trinajstić information content (AvgIpc) is 3.08. The van der Waals surface area contributed by atoms with Gasteiger partial charge >= 0.3 is 0 Å². The quantitative estimate of drug-likeness (QED) is 0.884. The maximum absolute atomic E-state index is 5.74. The number of aryl methyl sites for hydroxylation is 2. The van der Waals surface area contributed by atoms with E-state index in [0.29, 0.717) is 12.1 Å². The first-order valence-corrected chi connectivity index (χ1v) is 8.59. The summed E-state index contributed by atoms with van der Waals surface area (Å²) < 4.78 is 5.74. The van der Waals surface area contributed by atoms with E-state index in [1.54, 1.807) is 15.3 Å². The van der Waals surface area contributed by atoms with Crippen molar-refractivity contribution in [1.29, 1.82) is 0 Å². The van der Waals surface area contributed by atoms with E-state index in [-0.39, 0.29) is 0 Å². The van der Waals surface area contributed by atoms with E-state index < -0.39 is 0 Å². The Hall–Kier alpha value is -0.380. The molecule has 0 aromatic carbocycles. The molecule has 1 fully saturated rings. The third-order valence-electron chi connectivity index (χ3n) is 4.51. The highest BCUT2D eigenvalue weighted by Gasteiger charge is 2.21. The largest absolute Gasteiger partial charge is 0.378 e. The Kier molecular flexibility index (Phi) is 4.57. The van der Waals surface area contributed by atoms with Gasteiger partial charge in [-0.05, 0) is 70.0 Å². The summed E-state index contributed by atoms with van der Waals surface area (Å²) in [6, 6.07) is 3.00. The Morgan fingerprint density at radius 3 is 3.00 bits per heavy atom. The van der Waals surface area contributed by atoms with Crippen LogP contribution in [0.15, 0.2) is 6.07 Å². The minimum atomic E-state index is 0.519. The van der Waals surface area contributed by atoms with Gasteiger partial charge in [0.15, 0.2) is 0 Å². The predicted molar refractivity (Wildman–Crippen MR) is 81.0 cm³/mol. The molecule has 2 nitrogen and oxygen atoms in total. The number of nitrogens with one attached hydrogen (secondary N) is 1. The molecule has 1 aromatic rings. The van der Waals surface area contributed by atoms with Crippen LogP contribution in [0, 0.1) is 0 Å². The van der Waals surface area contributed by atoms with Crippen molar-refractivity contribution in [3.63, 3.8) is 0 Å². The standard InChI is InChI=1S/C16H25NOS/c1-17-14(9-8-13-6-4-10-18-13)16-11-12-5-2-3-7-15(12)19-16/h11,13-14,17H,2-10H2,1H3. The van der Waals surface area contributed by atoms with Gasteiger partial charge in [-0.3, -0.25) is 0 Å². The fourth-order valence-electron chi connectivity index (χ4n) is 3.34. The van der Waals surface area contributed by atoms with Gasteiger partial charge in [-0.15, -0.1) is 11.3 Å².